The van der Waals surface area contributed by atoms with Gasteiger partial charge in [-0.1, -0.05) is 34.6 Å². The van der Waals surface area contributed by atoms with E-state index in [1.165, 1.54) is 6.42 Å². The molecule has 4 fully saturated rings. The highest BCUT2D eigenvalue weighted by Gasteiger charge is 2.57. The van der Waals surface area contributed by atoms with Crippen LogP contribution in [-0.2, 0) is 9.59 Å². The maximum absolute atomic E-state index is 13.5. The number of hydrogen-bond acceptors (Lipinski definition) is 3. The first kappa shape index (κ1) is 19.7. The number of carbonyl (C=O) groups is 2. The molecule has 0 spiro atoms. The summed E-state index contributed by atoms with van der Waals surface area (Å²) in [6, 6.07) is -0.248. The van der Waals surface area contributed by atoms with Gasteiger partial charge in [0.2, 0.25) is 11.8 Å². The Bertz CT molecular complexity index is 587. The van der Waals surface area contributed by atoms with Crippen molar-refractivity contribution in [2.24, 2.45) is 22.7 Å². The average molecular weight is 364 g/mol. The molecule has 0 aromatic carbocycles. The van der Waals surface area contributed by atoms with E-state index < -0.39 is 11.6 Å². The number of rotatable bonds is 3. The van der Waals surface area contributed by atoms with Gasteiger partial charge in [-0.3, -0.25) is 9.59 Å². The van der Waals surface area contributed by atoms with Crippen molar-refractivity contribution < 1.29 is 9.59 Å². The Hall–Kier alpha value is -1.10. The van der Waals surface area contributed by atoms with Gasteiger partial charge in [0.05, 0.1) is 5.54 Å². The topological polar surface area (TPSA) is 61.4 Å². The summed E-state index contributed by atoms with van der Waals surface area (Å²) in [5.41, 5.74) is -0.544. The molecular weight excluding hydrogens is 326 g/mol. The van der Waals surface area contributed by atoms with Gasteiger partial charge >= 0.3 is 0 Å². The molecule has 3 saturated heterocycles. The number of carbonyl (C=O) groups excluding carboxylic acids is 2. The van der Waals surface area contributed by atoms with Crippen molar-refractivity contribution in [1.29, 1.82) is 0 Å². The number of hydrogen-bond donors (Lipinski definition) is 2. The fraction of sp³-hybridized carbons (Fsp3) is 0.905. The van der Waals surface area contributed by atoms with E-state index in [9.17, 15) is 9.59 Å². The number of piperidine rings is 2. The molecule has 1 aliphatic carbocycles. The van der Waals surface area contributed by atoms with Crippen LogP contribution in [0.3, 0.4) is 0 Å². The molecular formula is C21H37N3O2. The van der Waals surface area contributed by atoms with Gasteiger partial charge in [-0.2, -0.15) is 0 Å². The number of fused-ring (bicyclic) bond motifs is 2. The zero-order valence-corrected chi connectivity index (χ0v) is 17.6. The second-order valence-corrected chi connectivity index (χ2v) is 10.7. The van der Waals surface area contributed by atoms with Gasteiger partial charge in [0, 0.05) is 12.6 Å². The molecule has 0 aromatic rings. The van der Waals surface area contributed by atoms with Crippen molar-refractivity contribution in [2.45, 2.75) is 85.4 Å². The van der Waals surface area contributed by atoms with Crippen molar-refractivity contribution in [2.75, 3.05) is 13.1 Å². The maximum atomic E-state index is 13.5. The van der Waals surface area contributed by atoms with Gasteiger partial charge in [0.15, 0.2) is 0 Å². The SMILES string of the molecule is C[C@@H]1[C@@H]2C[C@H](CN1C(=O)[C@@H](NC(=O)C1(C)CCCN1)C(C)(C)C)C2(C)C. The molecule has 1 unspecified atom stereocenters. The monoisotopic (exact) mass is 363 g/mol. The standard InChI is InChI=1S/C21H37N3O2/c1-13-15-11-14(20(15,5)6)12-24(13)17(25)16(19(2,3)4)23-18(26)21(7)9-8-10-22-21/h13-16,22H,8-12H2,1-7H3,(H,23,26)/t13-,14-,15+,16-,21?/m1/s1. The molecule has 0 aromatic heterocycles. The number of nitrogens with zero attached hydrogens (tertiary/aromatic N) is 1. The Labute approximate surface area is 158 Å². The molecule has 5 heteroatoms. The quantitative estimate of drug-likeness (QED) is 0.810. The minimum absolute atomic E-state index is 0.0431. The van der Waals surface area contributed by atoms with E-state index in [1.807, 2.05) is 32.6 Å². The van der Waals surface area contributed by atoms with Crippen LogP contribution in [-0.4, -0.2) is 47.4 Å². The van der Waals surface area contributed by atoms with Crippen LogP contribution in [0, 0.1) is 22.7 Å². The van der Waals surface area contributed by atoms with E-state index in [1.54, 1.807) is 0 Å². The van der Waals surface area contributed by atoms with Gasteiger partial charge in [-0.25, -0.2) is 0 Å². The first-order valence-corrected chi connectivity index (χ1v) is 10.2. The largest absolute Gasteiger partial charge is 0.342 e. The molecule has 2 bridgehead atoms. The van der Waals surface area contributed by atoms with Gasteiger partial charge in [0.1, 0.15) is 6.04 Å². The third-order valence-corrected chi connectivity index (χ3v) is 7.58. The van der Waals surface area contributed by atoms with Gasteiger partial charge < -0.3 is 15.5 Å². The fourth-order valence-electron chi connectivity index (χ4n) is 5.29. The van der Waals surface area contributed by atoms with E-state index in [4.69, 9.17) is 0 Å². The molecule has 5 atom stereocenters. The van der Waals surface area contributed by atoms with Crippen molar-refractivity contribution >= 4 is 11.8 Å². The highest BCUT2D eigenvalue weighted by atomic mass is 16.2. The Kier molecular flexibility index (Phi) is 4.70. The molecule has 3 aliphatic heterocycles. The van der Waals surface area contributed by atoms with E-state index in [0.29, 0.717) is 17.3 Å². The third-order valence-electron chi connectivity index (χ3n) is 7.58. The molecule has 1 saturated carbocycles. The Balaban J connectivity index is 1.76. The zero-order valence-electron chi connectivity index (χ0n) is 17.6. The summed E-state index contributed by atoms with van der Waals surface area (Å²) >= 11 is 0. The van der Waals surface area contributed by atoms with Gasteiger partial charge in [0.25, 0.3) is 0 Å². The molecule has 4 rings (SSSR count). The lowest BCUT2D eigenvalue weighted by Crippen LogP contribution is -2.69. The van der Waals surface area contributed by atoms with Crippen molar-refractivity contribution in [3.63, 3.8) is 0 Å². The molecule has 2 N–H and O–H groups in total. The van der Waals surface area contributed by atoms with Gasteiger partial charge in [-0.05, 0) is 62.3 Å². The summed E-state index contributed by atoms with van der Waals surface area (Å²) < 4.78 is 0. The fourth-order valence-corrected chi connectivity index (χ4v) is 5.29. The zero-order chi connectivity index (χ0) is 19.5. The highest BCUT2D eigenvalue weighted by molar-refractivity contribution is 5.92. The first-order chi connectivity index (χ1) is 11.9. The Morgan fingerprint density at radius 1 is 1.23 bits per heavy atom. The van der Waals surface area contributed by atoms with Crippen LogP contribution in [0.5, 0.6) is 0 Å². The summed E-state index contributed by atoms with van der Waals surface area (Å²) in [4.78, 5) is 28.4. The molecule has 148 valence electrons. The molecule has 26 heavy (non-hydrogen) atoms. The van der Waals surface area contributed by atoms with Crippen LogP contribution in [0.15, 0.2) is 0 Å². The van der Waals surface area contributed by atoms with Crippen LogP contribution in [0.25, 0.3) is 0 Å². The molecule has 5 nitrogen and oxygen atoms in total. The average Bonchev–Trinajstić information content (AvgIpc) is 2.98. The summed E-state index contributed by atoms with van der Waals surface area (Å²) in [6.07, 6.45) is 3.05. The second kappa shape index (κ2) is 6.22. The second-order valence-electron chi connectivity index (χ2n) is 10.7. The normalized spacial score (nSPS) is 37.0. The smallest absolute Gasteiger partial charge is 0.245 e. The van der Waals surface area contributed by atoms with E-state index in [-0.39, 0.29) is 23.3 Å². The molecule has 0 radical (unpaired) electrons. The van der Waals surface area contributed by atoms with E-state index in [0.717, 1.165) is 25.9 Å². The minimum Gasteiger partial charge on any atom is -0.342 e. The number of amides is 2. The van der Waals surface area contributed by atoms with Crippen molar-refractivity contribution in [3.05, 3.63) is 0 Å². The summed E-state index contributed by atoms with van der Waals surface area (Å²) in [5, 5.41) is 6.42. The lowest BCUT2D eigenvalue weighted by Gasteiger charge is -2.63. The maximum Gasteiger partial charge on any atom is 0.245 e. The number of nitrogens with one attached hydrogen (secondary N) is 2. The van der Waals surface area contributed by atoms with Crippen LogP contribution in [0.2, 0.25) is 0 Å². The van der Waals surface area contributed by atoms with Crippen LogP contribution in [0.4, 0.5) is 0 Å². The van der Waals surface area contributed by atoms with Crippen LogP contribution >= 0.6 is 0 Å². The predicted octanol–water partition coefficient (Wildman–Crippen LogP) is 2.55. The molecule has 4 aliphatic rings. The van der Waals surface area contributed by atoms with Crippen LogP contribution in [0.1, 0.15) is 67.7 Å². The van der Waals surface area contributed by atoms with Crippen LogP contribution < -0.4 is 10.6 Å². The molecule has 2 amide bonds. The lowest BCUT2D eigenvalue weighted by atomic mass is 9.50. The molecule has 3 heterocycles. The third kappa shape index (κ3) is 3.06. The lowest BCUT2D eigenvalue weighted by molar-refractivity contribution is -0.170. The highest BCUT2D eigenvalue weighted by Crippen LogP contribution is 2.57. The Morgan fingerprint density at radius 3 is 2.35 bits per heavy atom. The summed E-state index contributed by atoms with van der Waals surface area (Å²) in [5.74, 6) is 1.19. The Morgan fingerprint density at radius 2 is 1.88 bits per heavy atom. The van der Waals surface area contributed by atoms with E-state index >= 15 is 0 Å². The summed E-state index contributed by atoms with van der Waals surface area (Å²) in [7, 11) is 0. The predicted molar refractivity (Wildman–Crippen MR) is 104 cm³/mol. The van der Waals surface area contributed by atoms with Crippen molar-refractivity contribution in [3.8, 4) is 0 Å². The first-order valence-electron chi connectivity index (χ1n) is 10.2. The summed E-state index contributed by atoms with van der Waals surface area (Å²) in [6.45, 7) is 16.6. The van der Waals surface area contributed by atoms with Gasteiger partial charge in [-0.15, -0.1) is 0 Å². The van der Waals surface area contributed by atoms with E-state index in [2.05, 4.69) is 31.4 Å². The van der Waals surface area contributed by atoms with Crippen molar-refractivity contribution in [1.82, 2.24) is 15.5 Å². The minimum atomic E-state index is -0.554.